The fourth-order valence-electron chi connectivity index (χ4n) is 2.26. The summed E-state index contributed by atoms with van der Waals surface area (Å²) in [6.07, 6.45) is 0. The normalized spacial score (nSPS) is 10.8. The smallest absolute Gasteiger partial charge is 0.226 e. The van der Waals surface area contributed by atoms with Crippen molar-refractivity contribution in [3.63, 3.8) is 0 Å². The van der Waals surface area contributed by atoms with Gasteiger partial charge in [0.2, 0.25) is 11.8 Å². The Bertz CT molecular complexity index is 951. The van der Waals surface area contributed by atoms with Crippen LogP contribution >= 0.6 is 0 Å². The molecule has 23 heavy (non-hydrogen) atoms. The van der Waals surface area contributed by atoms with Crippen LogP contribution in [0.4, 0.5) is 5.95 Å². The maximum Gasteiger partial charge on any atom is 0.226 e. The number of nitrogen functional groups attached to an aromatic ring is 1. The number of aromatic nitrogens is 4. The molecule has 0 amide bonds. The van der Waals surface area contributed by atoms with E-state index in [2.05, 4.69) is 15.1 Å². The van der Waals surface area contributed by atoms with Crippen LogP contribution < -0.4 is 10.5 Å². The number of nitrogens with two attached hydrogens (primary N) is 1. The Morgan fingerprint density at radius 1 is 0.870 bits per heavy atom. The van der Waals surface area contributed by atoms with Crippen molar-refractivity contribution < 1.29 is 4.74 Å². The van der Waals surface area contributed by atoms with Gasteiger partial charge in [0.25, 0.3) is 0 Å². The number of benzene rings is 2. The summed E-state index contributed by atoms with van der Waals surface area (Å²) in [6.45, 7) is 0. The molecule has 0 spiro atoms. The lowest BCUT2D eigenvalue weighted by atomic mass is 10.2. The molecule has 0 saturated carbocycles. The van der Waals surface area contributed by atoms with Crippen molar-refractivity contribution in [1.29, 1.82) is 0 Å². The zero-order chi connectivity index (χ0) is 15.6. The molecular weight excluding hydrogens is 290 g/mol. The van der Waals surface area contributed by atoms with Crippen LogP contribution in [0.25, 0.3) is 17.0 Å². The van der Waals surface area contributed by atoms with E-state index in [1.165, 1.54) is 4.52 Å². The molecule has 2 N–H and O–H groups in total. The molecule has 0 unspecified atom stereocenters. The number of rotatable bonds is 3. The molecule has 0 aliphatic carbocycles. The van der Waals surface area contributed by atoms with Crippen LogP contribution in [0.5, 0.6) is 11.6 Å². The lowest BCUT2D eigenvalue weighted by Crippen LogP contribution is -2.03. The molecule has 0 fully saturated rings. The standard InChI is InChI=1S/C17H13N5O/c18-17-20-15(23-13-9-5-2-6-10-13)11-14-19-16(21-22(14)17)12-7-3-1-4-8-12/h1-11H,(H2,18,20). The van der Waals surface area contributed by atoms with Gasteiger partial charge in [-0.15, -0.1) is 5.10 Å². The third kappa shape index (κ3) is 2.57. The summed E-state index contributed by atoms with van der Waals surface area (Å²) in [6, 6.07) is 20.8. The Balaban J connectivity index is 1.75. The van der Waals surface area contributed by atoms with Gasteiger partial charge in [-0.1, -0.05) is 48.5 Å². The minimum atomic E-state index is 0.225. The molecule has 4 aromatic rings. The van der Waals surface area contributed by atoms with Gasteiger partial charge in [0.15, 0.2) is 11.5 Å². The van der Waals surface area contributed by atoms with Crippen LogP contribution in [0.1, 0.15) is 0 Å². The van der Waals surface area contributed by atoms with Crippen molar-refractivity contribution >= 4 is 11.6 Å². The van der Waals surface area contributed by atoms with Gasteiger partial charge in [-0.05, 0) is 12.1 Å². The Kier molecular flexibility index (Phi) is 3.12. The van der Waals surface area contributed by atoms with Crippen LogP contribution in [-0.2, 0) is 0 Å². The SMILES string of the molecule is Nc1nc(Oc2ccccc2)cc2nc(-c3ccccc3)nn12. The lowest BCUT2D eigenvalue weighted by Gasteiger charge is -2.05. The molecule has 2 heterocycles. The maximum atomic E-state index is 5.97. The molecule has 4 rings (SSSR count). The summed E-state index contributed by atoms with van der Waals surface area (Å²) in [5, 5.41) is 4.39. The van der Waals surface area contributed by atoms with E-state index >= 15 is 0 Å². The molecule has 6 heteroatoms. The first-order valence-electron chi connectivity index (χ1n) is 7.11. The highest BCUT2D eigenvalue weighted by molar-refractivity contribution is 5.59. The van der Waals surface area contributed by atoms with Crippen molar-refractivity contribution in [2.45, 2.75) is 0 Å². The van der Waals surface area contributed by atoms with Crippen molar-refractivity contribution in [3.05, 3.63) is 66.7 Å². The average Bonchev–Trinajstić information content (AvgIpc) is 3.01. The molecule has 2 aromatic heterocycles. The summed E-state index contributed by atoms with van der Waals surface area (Å²) in [4.78, 5) is 8.72. The van der Waals surface area contributed by atoms with Gasteiger partial charge in [0.05, 0.1) is 0 Å². The second-order valence-corrected chi connectivity index (χ2v) is 4.94. The van der Waals surface area contributed by atoms with Crippen molar-refractivity contribution in [2.75, 3.05) is 5.73 Å². The van der Waals surface area contributed by atoms with Gasteiger partial charge < -0.3 is 10.5 Å². The lowest BCUT2D eigenvalue weighted by molar-refractivity contribution is 0.462. The molecule has 0 radical (unpaired) electrons. The van der Waals surface area contributed by atoms with Gasteiger partial charge in [-0.3, -0.25) is 0 Å². The van der Waals surface area contributed by atoms with Gasteiger partial charge in [0.1, 0.15) is 5.75 Å². The molecule has 0 aliphatic rings. The first-order chi connectivity index (χ1) is 11.3. The van der Waals surface area contributed by atoms with Crippen LogP contribution in [0.15, 0.2) is 66.7 Å². The molecule has 0 bridgehead atoms. The van der Waals surface area contributed by atoms with E-state index < -0.39 is 0 Å². The van der Waals surface area contributed by atoms with E-state index in [1.54, 1.807) is 6.07 Å². The largest absolute Gasteiger partial charge is 0.439 e. The monoisotopic (exact) mass is 303 g/mol. The topological polar surface area (TPSA) is 78.3 Å². The van der Waals surface area contributed by atoms with Crippen molar-refractivity contribution in [1.82, 2.24) is 19.6 Å². The Morgan fingerprint density at radius 3 is 2.30 bits per heavy atom. The van der Waals surface area contributed by atoms with Crippen LogP contribution in [0.2, 0.25) is 0 Å². The number of hydrogen-bond donors (Lipinski definition) is 1. The number of fused-ring (bicyclic) bond motifs is 1. The third-order valence-electron chi connectivity index (χ3n) is 3.32. The fraction of sp³-hybridized carbons (Fsp3) is 0. The molecule has 6 nitrogen and oxygen atoms in total. The molecular formula is C17H13N5O. The number of para-hydroxylation sites is 1. The summed E-state index contributed by atoms with van der Waals surface area (Å²) in [7, 11) is 0. The van der Waals surface area contributed by atoms with Gasteiger partial charge in [-0.25, -0.2) is 4.98 Å². The summed E-state index contributed by atoms with van der Waals surface area (Å²) < 4.78 is 7.21. The minimum absolute atomic E-state index is 0.225. The maximum absolute atomic E-state index is 5.97. The predicted octanol–water partition coefficient (Wildman–Crippen LogP) is 3.17. The quantitative estimate of drug-likeness (QED) is 0.629. The first kappa shape index (κ1) is 13.3. The Morgan fingerprint density at radius 2 is 1.57 bits per heavy atom. The zero-order valence-electron chi connectivity index (χ0n) is 12.1. The molecule has 0 atom stereocenters. The van der Waals surface area contributed by atoms with E-state index in [9.17, 15) is 0 Å². The zero-order valence-corrected chi connectivity index (χ0v) is 12.1. The van der Waals surface area contributed by atoms with E-state index in [0.29, 0.717) is 23.1 Å². The summed E-state index contributed by atoms with van der Waals surface area (Å²) in [5.74, 6) is 1.89. The van der Waals surface area contributed by atoms with Gasteiger partial charge in [-0.2, -0.15) is 9.50 Å². The van der Waals surface area contributed by atoms with Gasteiger partial charge >= 0.3 is 0 Å². The van der Waals surface area contributed by atoms with Crippen LogP contribution in [0, 0.1) is 0 Å². The van der Waals surface area contributed by atoms with Crippen LogP contribution in [-0.4, -0.2) is 19.6 Å². The average molecular weight is 303 g/mol. The number of hydrogen-bond acceptors (Lipinski definition) is 5. The predicted molar refractivity (Wildman–Crippen MR) is 87.1 cm³/mol. The van der Waals surface area contributed by atoms with Gasteiger partial charge in [0, 0.05) is 11.6 Å². The number of nitrogens with zero attached hydrogens (tertiary/aromatic N) is 4. The molecule has 2 aromatic carbocycles. The van der Waals surface area contributed by atoms with E-state index in [1.807, 2.05) is 60.7 Å². The number of ether oxygens (including phenoxy) is 1. The highest BCUT2D eigenvalue weighted by Gasteiger charge is 2.11. The summed E-state index contributed by atoms with van der Waals surface area (Å²) in [5.41, 5.74) is 7.47. The van der Waals surface area contributed by atoms with E-state index in [4.69, 9.17) is 10.5 Å². The molecule has 112 valence electrons. The second kappa shape index (κ2) is 5.42. The minimum Gasteiger partial charge on any atom is -0.439 e. The molecule has 0 saturated heterocycles. The second-order valence-electron chi connectivity index (χ2n) is 4.94. The number of anilines is 1. The molecule has 0 aliphatic heterocycles. The van der Waals surface area contributed by atoms with Crippen LogP contribution in [0.3, 0.4) is 0 Å². The third-order valence-corrected chi connectivity index (χ3v) is 3.32. The Hall–Kier alpha value is -3.41. The highest BCUT2D eigenvalue weighted by Crippen LogP contribution is 2.23. The van der Waals surface area contributed by atoms with E-state index in [0.717, 1.165) is 5.56 Å². The fourth-order valence-corrected chi connectivity index (χ4v) is 2.26. The Labute approximate surface area is 132 Å². The summed E-state index contributed by atoms with van der Waals surface area (Å²) >= 11 is 0. The first-order valence-corrected chi connectivity index (χ1v) is 7.11. The highest BCUT2D eigenvalue weighted by atomic mass is 16.5. The van der Waals surface area contributed by atoms with Crippen molar-refractivity contribution in [2.24, 2.45) is 0 Å². The van der Waals surface area contributed by atoms with E-state index in [-0.39, 0.29) is 5.95 Å². The van der Waals surface area contributed by atoms with Crippen molar-refractivity contribution in [3.8, 4) is 23.0 Å².